The Hall–Kier alpha value is -4.31. The lowest BCUT2D eigenvalue weighted by molar-refractivity contribution is 0.0693. The molecule has 2 heterocycles. The number of nitrogens with zero attached hydrogens (tertiary/aromatic N) is 2. The van der Waals surface area contributed by atoms with Crippen LogP contribution in [0, 0.1) is 0 Å². The summed E-state index contributed by atoms with van der Waals surface area (Å²) in [7, 11) is 1.39. The van der Waals surface area contributed by atoms with Gasteiger partial charge in [0.05, 0.1) is 23.3 Å². The van der Waals surface area contributed by atoms with E-state index >= 15 is 0 Å². The third-order valence-corrected chi connectivity index (χ3v) is 5.47. The van der Waals surface area contributed by atoms with Crippen molar-refractivity contribution >= 4 is 46.0 Å². The smallest absolute Gasteiger partial charge is 0.339 e. The topological polar surface area (TPSA) is 136 Å². The minimum Gasteiger partial charge on any atom is -0.496 e. The third kappa shape index (κ3) is 5.33. The van der Waals surface area contributed by atoms with Crippen molar-refractivity contribution in [2.75, 3.05) is 17.7 Å². The fourth-order valence-corrected chi connectivity index (χ4v) is 3.54. The van der Waals surface area contributed by atoms with Crippen LogP contribution in [-0.2, 0) is 5.41 Å². The second-order valence-electron chi connectivity index (χ2n) is 8.83. The molecule has 2 aromatic heterocycles. The molecule has 36 heavy (non-hydrogen) atoms. The highest BCUT2D eigenvalue weighted by Crippen LogP contribution is 2.35. The first kappa shape index (κ1) is 24.8. The molecule has 11 heteroatoms. The number of benzene rings is 2. The molecule has 0 unspecified atom stereocenters. The number of hydrogen-bond acceptors (Lipinski definition) is 7. The molecule has 0 saturated carbocycles. The van der Waals surface area contributed by atoms with Gasteiger partial charge in [-0.1, -0.05) is 37.5 Å². The molecule has 0 fully saturated rings. The van der Waals surface area contributed by atoms with E-state index < -0.39 is 12.0 Å². The zero-order valence-corrected chi connectivity index (χ0v) is 20.6. The van der Waals surface area contributed by atoms with Crippen molar-refractivity contribution in [3.63, 3.8) is 0 Å². The first-order valence-electron chi connectivity index (χ1n) is 10.8. The zero-order valence-electron chi connectivity index (χ0n) is 19.9. The van der Waals surface area contributed by atoms with E-state index in [2.05, 4.69) is 20.8 Å². The maximum Gasteiger partial charge on any atom is 0.339 e. The van der Waals surface area contributed by atoms with Gasteiger partial charge in [0.25, 0.3) is 0 Å². The molecule has 0 spiro atoms. The summed E-state index contributed by atoms with van der Waals surface area (Å²) in [6.07, 6.45) is 1.54. The molecule has 0 atom stereocenters. The second-order valence-corrected chi connectivity index (χ2v) is 9.24. The van der Waals surface area contributed by atoms with Crippen molar-refractivity contribution < 1.29 is 28.7 Å². The number of nitrogens with one attached hydrogen (secondary N) is 2. The number of amides is 2. The summed E-state index contributed by atoms with van der Waals surface area (Å²) in [5, 5.41) is 19.3. The average Bonchev–Trinajstić information content (AvgIpc) is 3.29. The summed E-state index contributed by atoms with van der Waals surface area (Å²) in [6.45, 7) is 5.91. The van der Waals surface area contributed by atoms with Gasteiger partial charge in [-0.2, -0.15) is 0 Å². The Morgan fingerprint density at radius 1 is 1.06 bits per heavy atom. The van der Waals surface area contributed by atoms with Gasteiger partial charge in [-0.05, 0) is 24.3 Å². The molecule has 0 bridgehead atoms. The molecule has 3 N–H and O–H groups in total. The van der Waals surface area contributed by atoms with Gasteiger partial charge in [0.2, 0.25) is 0 Å². The van der Waals surface area contributed by atoms with Crippen LogP contribution in [0.3, 0.4) is 0 Å². The van der Waals surface area contributed by atoms with Crippen LogP contribution in [0.5, 0.6) is 17.2 Å². The number of halogens is 1. The van der Waals surface area contributed by atoms with E-state index in [0.717, 1.165) is 0 Å². The number of carbonyl (C=O) groups is 2. The summed E-state index contributed by atoms with van der Waals surface area (Å²) in [6, 6.07) is 10.4. The fourth-order valence-electron chi connectivity index (χ4n) is 3.32. The number of aromatic carboxylic acids is 1. The van der Waals surface area contributed by atoms with Crippen molar-refractivity contribution in [3.05, 3.63) is 65.0 Å². The number of aromatic nitrogens is 2. The largest absolute Gasteiger partial charge is 0.496 e. The Bertz CT molecular complexity index is 1460. The highest BCUT2D eigenvalue weighted by atomic mass is 35.5. The van der Waals surface area contributed by atoms with Crippen LogP contribution < -0.4 is 20.1 Å². The van der Waals surface area contributed by atoms with Gasteiger partial charge >= 0.3 is 12.0 Å². The Balaban J connectivity index is 1.51. The number of fused-ring (bicyclic) bond motifs is 1. The number of ether oxygens (including phenoxy) is 2. The normalized spacial score (nSPS) is 11.2. The van der Waals surface area contributed by atoms with E-state index in [1.807, 2.05) is 20.8 Å². The van der Waals surface area contributed by atoms with Gasteiger partial charge in [0, 0.05) is 35.2 Å². The third-order valence-electron chi connectivity index (χ3n) is 5.16. The Kier molecular flexibility index (Phi) is 6.71. The number of hydrogen-bond donors (Lipinski definition) is 3. The van der Waals surface area contributed by atoms with Crippen molar-refractivity contribution in [2.24, 2.45) is 0 Å². The molecule has 0 aliphatic rings. The molecule has 0 aliphatic heterocycles. The highest BCUT2D eigenvalue weighted by Gasteiger charge is 2.21. The van der Waals surface area contributed by atoms with Gasteiger partial charge < -0.3 is 24.4 Å². The van der Waals surface area contributed by atoms with Crippen molar-refractivity contribution in [3.8, 4) is 17.2 Å². The van der Waals surface area contributed by atoms with E-state index in [4.69, 9.17) is 25.6 Å². The quantitative estimate of drug-likeness (QED) is 0.274. The predicted octanol–water partition coefficient (Wildman–Crippen LogP) is 6.32. The first-order valence-corrected chi connectivity index (χ1v) is 11.2. The lowest BCUT2D eigenvalue weighted by atomic mass is 9.93. The molecule has 0 saturated heterocycles. The summed E-state index contributed by atoms with van der Waals surface area (Å²) in [5.41, 5.74) is 0.578. The van der Waals surface area contributed by atoms with Gasteiger partial charge in [-0.3, -0.25) is 10.3 Å². The number of carbonyl (C=O) groups excluding carboxylic acids is 1. The van der Waals surface area contributed by atoms with Crippen LogP contribution in [0.25, 0.3) is 10.9 Å². The number of rotatable bonds is 6. The summed E-state index contributed by atoms with van der Waals surface area (Å²) in [5.74, 6) is 0.709. The Morgan fingerprint density at radius 3 is 2.47 bits per heavy atom. The van der Waals surface area contributed by atoms with Crippen molar-refractivity contribution in [1.82, 2.24) is 10.1 Å². The molecule has 4 aromatic rings. The predicted molar refractivity (Wildman–Crippen MR) is 135 cm³/mol. The fraction of sp³-hybridized carbons (Fsp3) is 0.200. The van der Waals surface area contributed by atoms with E-state index in [0.29, 0.717) is 33.8 Å². The van der Waals surface area contributed by atoms with Gasteiger partial charge in [0.15, 0.2) is 5.82 Å². The van der Waals surface area contributed by atoms with Crippen LogP contribution in [0.2, 0.25) is 5.02 Å². The SMILES string of the molecule is COc1cc2nccc(Oc3ccc(NC(=O)Nc4cc(C(C)(C)C)on4)c(Cl)c3)c2cc1C(=O)O. The molecule has 0 aliphatic carbocycles. The molecule has 4 rings (SSSR count). The van der Waals surface area contributed by atoms with Crippen molar-refractivity contribution in [2.45, 2.75) is 26.2 Å². The molecule has 186 valence electrons. The van der Waals surface area contributed by atoms with Crippen LogP contribution in [0.4, 0.5) is 16.3 Å². The summed E-state index contributed by atoms with van der Waals surface area (Å²) >= 11 is 6.37. The van der Waals surface area contributed by atoms with Gasteiger partial charge in [-0.25, -0.2) is 9.59 Å². The zero-order chi connectivity index (χ0) is 26.0. The molecular formula is C25H23ClN4O6. The van der Waals surface area contributed by atoms with E-state index in [9.17, 15) is 14.7 Å². The van der Waals surface area contributed by atoms with Gasteiger partial charge in [-0.15, -0.1) is 0 Å². The maximum atomic E-state index is 12.4. The van der Waals surface area contributed by atoms with E-state index in [1.54, 1.807) is 24.3 Å². The van der Waals surface area contributed by atoms with E-state index in [-0.39, 0.29) is 27.6 Å². The second kappa shape index (κ2) is 9.74. The van der Waals surface area contributed by atoms with Crippen molar-refractivity contribution in [1.29, 1.82) is 0 Å². The summed E-state index contributed by atoms with van der Waals surface area (Å²) < 4.78 is 16.4. The number of carboxylic acid groups (broad SMARTS) is 1. The lowest BCUT2D eigenvalue weighted by Crippen LogP contribution is -2.19. The molecule has 0 radical (unpaired) electrons. The minimum absolute atomic E-state index is 0.0202. The van der Waals surface area contributed by atoms with Crippen LogP contribution in [0.15, 0.2) is 53.2 Å². The Labute approximate surface area is 211 Å². The number of methoxy groups -OCH3 is 1. The van der Waals surface area contributed by atoms with E-state index in [1.165, 1.54) is 31.5 Å². The van der Waals surface area contributed by atoms with Crippen LogP contribution in [0.1, 0.15) is 36.9 Å². The number of urea groups is 1. The number of carboxylic acids is 1. The maximum absolute atomic E-state index is 12.4. The number of anilines is 2. The Morgan fingerprint density at radius 2 is 1.83 bits per heavy atom. The highest BCUT2D eigenvalue weighted by molar-refractivity contribution is 6.34. The molecule has 2 amide bonds. The standard InChI is InChI=1S/C25H23ClN4O6/c1-25(2,3)21-12-22(30-36-21)29-24(33)28-17-6-5-13(9-16(17)26)35-19-7-8-27-18-11-20(34-4)15(23(31)32)10-14(18)19/h5-12H,1-4H3,(H,31,32)(H2,28,29,30,33). The molecular weight excluding hydrogens is 488 g/mol. The monoisotopic (exact) mass is 510 g/mol. The summed E-state index contributed by atoms with van der Waals surface area (Å²) in [4.78, 5) is 28.3. The lowest BCUT2D eigenvalue weighted by Gasteiger charge is -2.13. The number of pyridine rings is 1. The first-order chi connectivity index (χ1) is 17.0. The molecule has 2 aromatic carbocycles. The average molecular weight is 511 g/mol. The minimum atomic E-state index is -1.14. The van der Waals surface area contributed by atoms with Crippen LogP contribution >= 0.6 is 11.6 Å². The van der Waals surface area contributed by atoms with Crippen LogP contribution in [-0.4, -0.2) is 34.4 Å². The molecule has 10 nitrogen and oxygen atoms in total. The van der Waals surface area contributed by atoms with Gasteiger partial charge in [0.1, 0.15) is 28.6 Å².